The van der Waals surface area contributed by atoms with Gasteiger partial charge in [-0.05, 0) is 44.0 Å². The summed E-state index contributed by atoms with van der Waals surface area (Å²) in [5, 5.41) is 9.93. The van der Waals surface area contributed by atoms with Crippen LogP contribution in [0.1, 0.15) is 29.2 Å². The number of morpholine rings is 1. The largest absolute Gasteiger partial charge is 0.365 e. The number of hydrogen-bond acceptors (Lipinski definition) is 5. The van der Waals surface area contributed by atoms with Gasteiger partial charge in [0.2, 0.25) is 5.91 Å². The van der Waals surface area contributed by atoms with Crippen LogP contribution in [0.4, 0.5) is 4.39 Å². The molecule has 170 valence electrons. The predicted octanol–water partition coefficient (Wildman–Crippen LogP) is 1.56. The third-order valence-corrected chi connectivity index (χ3v) is 5.74. The van der Waals surface area contributed by atoms with E-state index in [1.807, 2.05) is 13.8 Å². The van der Waals surface area contributed by atoms with Crippen molar-refractivity contribution in [1.29, 1.82) is 0 Å². The van der Waals surface area contributed by atoms with Crippen LogP contribution in [0.25, 0.3) is 11.0 Å². The van der Waals surface area contributed by atoms with Crippen molar-refractivity contribution in [3.05, 3.63) is 46.8 Å². The number of benzene rings is 1. The summed E-state index contributed by atoms with van der Waals surface area (Å²) in [4.78, 5) is 34.3. The molecule has 0 aliphatic carbocycles. The molecule has 4 rings (SSSR count). The molecule has 1 aromatic carbocycles. The van der Waals surface area contributed by atoms with E-state index in [4.69, 9.17) is 4.74 Å². The molecular weight excluding hydrogens is 415 g/mol. The van der Waals surface area contributed by atoms with E-state index in [9.17, 15) is 14.0 Å². The molecule has 0 bridgehead atoms. The molecule has 1 fully saturated rings. The maximum absolute atomic E-state index is 13.3. The van der Waals surface area contributed by atoms with Gasteiger partial charge in [-0.25, -0.2) is 9.37 Å². The normalized spacial score (nSPS) is 16.5. The van der Waals surface area contributed by atoms with Crippen molar-refractivity contribution in [1.82, 2.24) is 30.4 Å². The number of halogens is 1. The quantitative estimate of drug-likeness (QED) is 0.514. The molecule has 2 amide bonds. The molecule has 1 unspecified atom stereocenters. The highest BCUT2D eigenvalue weighted by Crippen LogP contribution is 2.15. The lowest BCUT2D eigenvalue weighted by Gasteiger charge is -2.32. The van der Waals surface area contributed by atoms with Gasteiger partial charge < -0.3 is 19.9 Å². The molecule has 3 N–H and O–H groups in total. The molecule has 2 aromatic heterocycles. The minimum atomic E-state index is -0.699. The molecule has 32 heavy (non-hydrogen) atoms. The fourth-order valence-electron chi connectivity index (χ4n) is 3.94. The number of amides is 2. The number of rotatable bonds is 7. The summed E-state index contributed by atoms with van der Waals surface area (Å²) < 4.78 is 18.9. The van der Waals surface area contributed by atoms with Gasteiger partial charge in [0.1, 0.15) is 11.6 Å². The summed E-state index contributed by atoms with van der Waals surface area (Å²) in [6, 6.07) is 4.36. The van der Waals surface area contributed by atoms with Gasteiger partial charge in [0.15, 0.2) is 6.10 Å². The van der Waals surface area contributed by atoms with Crippen molar-refractivity contribution in [3.63, 3.8) is 0 Å². The number of aromatic amines is 2. The van der Waals surface area contributed by atoms with Gasteiger partial charge in [-0.15, -0.1) is 0 Å². The van der Waals surface area contributed by atoms with Crippen LogP contribution >= 0.6 is 0 Å². The van der Waals surface area contributed by atoms with Crippen molar-refractivity contribution in [2.24, 2.45) is 0 Å². The lowest BCUT2D eigenvalue weighted by Crippen LogP contribution is -2.51. The van der Waals surface area contributed by atoms with Gasteiger partial charge >= 0.3 is 0 Å². The topological polar surface area (TPSA) is 116 Å². The smallest absolute Gasteiger partial charge is 0.251 e. The summed E-state index contributed by atoms with van der Waals surface area (Å²) in [7, 11) is 0. The molecule has 0 radical (unpaired) electrons. The molecule has 0 saturated carbocycles. The Labute approximate surface area is 184 Å². The average Bonchev–Trinajstić information content (AvgIpc) is 3.33. The molecular formula is C22H27FN6O3. The minimum absolute atomic E-state index is 0.000563. The number of nitrogens with zero attached hydrogens (tertiary/aromatic N) is 3. The molecule has 9 nitrogen and oxygen atoms in total. The lowest BCUT2D eigenvalue weighted by atomic mass is 10.1. The number of fused-ring (bicyclic) bond motifs is 1. The van der Waals surface area contributed by atoms with Crippen LogP contribution in [0.3, 0.4) is 0 Å². The van der Waals surface area contributed by atoms with E-state index in [-0.39, 0.29) is 24.2 Å². The number of nitrogens with one attached hydrogen (secondary N) is 3. The van der Waals surface area contributed by atoms with Crippen molar-refractivity contribution >= 4 is 22.8 Å². The SMILES string of the molecule is Cc1n[nH]c(C)c1CCC(=O)N1CCOC(C(=O)NCCc2nc3ccc(F)cc3[nH]2)C1. The van der Waals surface area contributed by atoms with Crippen LogP contribution in [0.5, 0.6) is 0 Å². The Kier molecular flexibility index (Phi) is 6.50. The second-order valence-electron chi connectivity index (χ2n) is 8.00. The number of aryl methyl sites for hydroxylation is 2. The van der Waals surface area contributed by atoms with Crippen LogP contribution < -0.4 is 5.32 Å². The van der Waals surface area contributed by atoms with E-state index in [1.165, 1.54) is 12.1 Å². The molecule has 10 heteroatoms. The fraction of sp³-hybridized carbons (Fsp3) is 0.455. The van der Waals surface area contributed by atoms with Gasteiger partial charge in [-0.3, -0.25) is 14.7 Å². The van der Waals surface area contributed by atoms with E-state index in [0.29, 0.717) is 55.8 Å². The Morgan fingerprint density at radius 2 is 2.16 bits per heavy atom. The van der Waals surface area contributed by atoms with Gasteiger partial charge in [0.05, 0.1) is 29.9 Å². The molecule has 1 aliphatic heterocycles. The predicted molar refractivity (Wildman–Crippen MR) is 115 cm³/mol. The van der Waals surface area contributed by atoms with Crippen molar-refractivity contribution in [2.75, 3.05) is 26.2 Å². The summed E-state index contributed by atoms with van der Waals surface area (Å²) in [5.41, 5.74) is 4.25. The third-order valence-electron chi connectivity index (χ3n) is 5.74. The zero-order valence-corrected chi connectivity index (χ0v) is 18.2. The lowest BCUT2D eigenvalue weighted by molar-refractivity contribution is -0.147. The van der Waals surface area contributed by atoms with Gasteiger partial charge in [-0.2, -0.15) is 5.10 Å². The van der Waals surface area contributed by atoms with Crippen LogP contribution in [-0.4, -0.2) is 69.2 Å². The van der Waals surface area contributed by atoms with E-state index in [1.54, 1.807) is 11.0 Å². The first-order valence-corrected chi connectivity index (χ1v) is 10.7. The van der Waals surface area contributed by atoms with Gasteiger partial charge in [-0.1, -0.05) is 0 Å². The second kappa shape index (κ2) is 9.47. The van der Waals surface area contributed by atoms with Crippen molar-refractivity contribution < 1.29 is 18.7 Å². The maximum Gasteiger partial charge on any atom is 0.251 e. The van der Waals surface area contributed by atoms with E-state index >= 15 is 0 Å². The standard InChI is InChI=1S/C22H27FN6O3/c1-13-16(14(2)28-27-13)4-6-21(30)29-9-10-32-19(12-29)22(31)24-8-7-20-25-17-5-3-15(23)11-18(17)26-20/h3,5,11,19H,4,6-10,12H2,1-2H3,(H,24,31)(H,25,26)(H,27,28). The molecule has 1 saturated heterocycles. The highest BCUT2D eigenvalue weighted by atomic mass is 19.1. The monoisotopic (exact) mass is 442 g/mol. The zero-order chi connectivity index (χ0) is 22.7. The summed E-state index contributed by atoms with van der Waals surface area (Å²) in [5.74, 6) is 0.0773. The highest BCUT2D eigenvalue weighted by Gasteiger charge is 2.29. The number of imidazole rings is 1. The Morgan fingerprint density at radius 1 is 1.31 bits per heavy atom. The first-order valence-electron chi connectivity index (χ1n) is 10.7. The molecule has 3 aromatic rings. The zero-order valence-electron chi connectivity index (χ0n) is 18.2. The number of H-pyrrole nitrogens is 2. The number of hydrogen-bond donors (Lipinski definition) is 3. The van der Waals surface area contributed by atoms with Crippen molar-refractivity contribution in [2.45, 2.75) is 39.2 Å². The Hall–Kier alpha value is -3.27. The molecule has 3 heterocycles. The summed E-state index contributed by atoms with van der Waals surface area (Å²) >= 11 is 0. The van der Waals surface area contributed by atoms with Crippen LogP contribution in [0, 0.1) is 19.7 Å². The Morgan fingerprint density at radius 3 is 2.94 bits per heavy atom. The highest BCUT2D eigenvalue weighted by molar-refractivity contribution is 5.83. The first-order chi connectivity index (χ1) is 15.4. The third kappa shape index (κ3) is 4.96. The fourth-order valence-corrected chi connectivity index (χ4v) is 3.94. The van der Waals surface area contributed by atoms with Crippen molar-refractivity contribution in [3.8, 4) is 0 Å². The van der Waals surface area contributed by atoms with Crippen LogP contribution in [0.15, 0.2) is 18.2 Å². The van der Waals surface area contributed by atoms with Gasteiger partial charge in [0, 0.05) is 31.6 Å². The molecule has 0 spiro atoms. The number of carbonyl (C=O) groups is 2. The van der Waals surface area contributed by atoms with E-state index < -0.39 is 6.10 Å². The first kappa shape index (κ1) is 21.9. The minimum Gasteiger partial charge on any atom is -0.365 e. The van der Waals surface area contributed by atoms with E-state index in [2.05, 4.69) is 25.5 Å². The Bertz CT molecular complexity index is 1100. The summed E-state index contributed by atoms with van der Waals surface area (Å²) in [6.07, 6.45) is 0.751. The van der Waals surface area contributed by atoms with Gasteiger partial charge in [0.25, 0.3) is 5.91 Å². The molecule has 1 aliphatic rings. The molecule has 1 atom stereocenters. The number of ether oxygens (including phenoxy) is 1. The van der Waals surface area contributed by atoms with Crippen LogP contribution in [0.2, 0.25) is 0 Å². The van der Waals surface area contributed by atoms with E-state index in [0.717, 1.165) is 17.0 Å². The number of carbonyl (C=O) groups excluding carboxylic acids is 2. The summed E-state index contributed by atoms with van der Waals surface area (Å²) in [6.45, 7) is 5.25. The van der Waals surface area contributed by atoms with Crippen LogP contribution in [-0.2, 0) is 27.2 Å². The maximum atomic E-state index is 13.3. The average molecular weight is 442 g/mol. The number of aromatic nitrogens is 4. The second-order valence-corrected chi connectivity index (χ2v) is 8.00. The Balaban J connectivity index is 1.25.